The molecule has 2 heteroatoms. The van der Waals surface area contributed by atoms with Crippen LogP contribution < -0.4 is 5.32 Å². The van der Waals surface area contributed by atoms with E-state index in [0.29, 0.717) is 0 Å². The zero-order valence-corrected chi connectivity index (χ0v) is 14.3. The Hall–Kier alpha value is -0.0800. The van der Waals surface area contributed by atoms with Gasteiger partial charge < -0.3 is 5.32 Å². The lowest BCUT2D eigenvalue weighted by Gasteiger charge is -2.45. The minimum atomic E-state index is 0.748. The molecule has 3 atom stereocenters. The van der Waals surface area contributed by atoms with Crippen molar-refractivity contribution in [2.75, 3.05) is 19.6 Å². The topological polar surface area (TPSA) is 15.3 Å². The quantitative estimate of drug-likeness (QED) is 0.822. The summed E-state index contributed by atoms with van der Waals surface area (Å²) >= 11 is 0. The summed E-state index contributed by atoms with van der Waals surface area (Å²) in [5.41, 5.74) is 0. The van der Waals surface area contributed by atoms with Gasteiger partial charge in [0, 0.05) is 25.2 Å². The van der Waals surface area contributed by atoms with E-state index in [0.717, 1.165) is 29.8 Å². The highest BCUT2D eigenvalue weighted by molar-refractivity contribution is 4.89. The third-order valence-corrected chi connectivity index (χ3v) is 6.52. The fourth-order valence-electron chi connectivity index (χ4n) is 4.82. The van der Waals surface area contributed by atoms with E-state index in [4.69, 9.17) is 0 Å². The van der Waals surface area contributed by atoms with Crippen LogP contribution >= 0.6 is 0 Å². The molecule has 2 nitrogen and oxygen atoms in total. The van der Waals surface area contributed by atoms with Gasteiger partial charge in [-0.1, -0.05) is 32.6 Å². The summed E-state index contributed by atoms with van der Waals surface area (Å²) in [7, 11) is 0. The van der Waals surface area contributed by atoms with E-state index in [1.807, 2.05) is 0 Å². The maximum Gasteiger partial charge on any atom is 0.0198 e. The van der Waals surface area contributed by atoms with Crippen LogP contribution in [-0.4, -0.2) is 36.6 Å². The van der Waals surface area contributed by atoms with Crippen LogP contribution in [0.3, 0.4) is 0 Å². The lowest BCUT2D eigenvalue weighted by Crippen LogP contribution is -2.54. The second-order valence-electron chi connectivity index (χ2n) is 8.34. The Kier molecular flexibility index (Phi) is 5.61. The first kappa shape index (κ1) is 15.8. The highest BCUT2D eigenvalue weighted by atomic mass is 15.2. The van der Waals surface area contributed by atoms with Crippen molar-refractivity contribution in [2.24, 2.45) is 17.8 Å². The minimum absolute atomic E-state index is 0.748. The van der Waals surface area contributed by atoms with E-state index in [9.17, 15) is 0 Å². The third-order valence-electron chi connectivity index (χ3n) is 6.52. The SMILES string of the molecule is CC1CC(NCC2CCCCC2)CN(C(C)C2CCC2)C1. The molecule has 3 rings (SSSR count). The van der Waals surface area contributed by atoms with Crippen molar-refractivity contribution < 1.29 is 0 Å². The van der Waals surface area contributed by atoms with Gasteiger partial charge in [-0.15, -0.1) is 0 Å². The molecule has 3 unspecified atom stereocenters. The van der Waals surface area contributed by atoms with E-state index >= 15 is 0 Å². The van der Waals surface area contributed by atoms with Crippen LogP contribution in [0.1, 0.15) is 71.6 Å². The molecule has 0 bridgehead atoms. The van der Waals surface area contributed by atoms with Crippen molar-refractivity contribution in [2.45, 2.75) is 83.7 Å². The standard InChI is InChI=1S/C19H36N2/c1-15-11-19(20-12-17-7-4-3-5-8-17)14-21(13-15)16(2)18-9-6-10-18/h15-20H,3-14H2,1-2H3. The Labute approximate surface area is 132 Å². The number of likely N-dealkylation sites (tertiary alicyclic amines) is 1. The molecule has 1 N–H and O–H groups in total. The summed E-state index contributed by atoms with van der Waals surface area (Å²) in [4.78, 5) is 2.80. The van der Waals surface area contributed by atoms with E-state index in [1.54, 1.807) is 0 Å². The fourth-order valence-corrected chi connectivity index (χ4v) is 4.82. The largest absolute Gasteiger partial charge is 0.312 e. The van der Waals surface area contributed by atoms with Crippen LogP contribution in [0.2, 0.25) is 0 Å². The molecule has 0 aromatic rings. The molecule has 0 aromatic heterocycles. The predicted octanol–water partition coefficient (Wildman–Crippen LogP) is 4.06. The zero-order valence-electron chi connectivity index (χ0n) is 14.3. The smallest absolute Gasteiger partial charge is 0.0198 e. The molecule has 2 saturated carbocycles. The van der Waals surface area contributed by atoms with Crippen molar-refractivity contribution in [1.82, 2.24) is 10.2 Å². The number of hydrogen-bond acceptors (Lipinski definition) is 2. The van der Waals surface area contributed by atoms with Crippen molar-refractivity contribution >= 4 is 0 Å². The van der Waals surface area contributed by atoms with Crippen molar-refractivity contribution in [3.63, 3.8) is 0 Å². The predicted molar refractivity (Wildman–Crippen MR) is 90.5 cm³/mol. The Balaban J connectivity index is 1.45. The van der Waals surface area contributed by atoms with Gasteiger partial charge in [-0.3, -0.25) is 4.90 Å². The van der Waals surface area contributed by atoms with Crippen LogP contribution in [0.25, 0.3) is 0 Å². The number of hydrogen-bond donors (Lipinski definition) is 1. The fraction of sp³-hybridized carbons (Fsp3) is 1.00. The van der Waals surface area contributed by atoms with Gasteiger partial charge in [0.2, 0.25) is 0 Å². The Morgan fingerprint density at radius 2 is 1.76 bits per heavy atom. The average molecular weight is 293 g/mol. The molecular weight excluding hydrogens is 256 g/mol. The normalized spacial score (nSPS) is 34.6. The van der Waals surface area contributed by atoms with Crippen LogP contribution in [0.15, 0.2) is 0 Å². The van der Waals surface area contributed by atoms with Gasteiger partial charge in [-0.25, -0.2) is 0 Å². The van der Waals surface area contributed by atoms with Gasteiger partial charge >= 0.3 is 0 Å². The summed E-state index contributed by atoms with van der Waals surface area (Å²) in [5, 5.41) is 3.94. The monoisotopic (exact) mass is 292 g/mol. The molecule has 0 amide bonds. The second kappa shape index (κ2) is 7.46. The molecule has 3 aliphatic rings. The average Bonchev–Trinajstić information content (AvgIpc) is 2.44. The maximum atomic E-state index is 3.94. The molecule has 2 aliphatic carbocycles. The molecule has 1 aliphatic heterocycles. The van der Waals surface area contributed by atoms with Crippen LogP contribution in [0.4, 0.5) is 0 Å². The van der Waals surface area contributed by atoms with E-state index in [-0.39, 0.29) is 0 Å². The first-order chi connectivity index (χ1) is 10.2. The molecule has 122 valence electrons. The van der Waals surface area contributed by atoms with Crippen LogP contribution in [0.5, 0.6) is 0 Å². The maximum absolute atomic E-state index is 3.94. The van der Waals surface area contributed by atoms with Crippen LogP contribution in [0, 0.1) is 17.8 Å². The molecule has 0 radical (unpaired) electrons. The minimum Gasteiger partial charge on any atom is -0.312 e. The molecule has 0 spiro atoms. The Morgan fingerprint density at radius 3 is 2.43 bits per heavy atom. The zero-order chi connectivity index (χ0) is 14.7. The molecule has 0 aromatic carbocycles. The lowest BCUT2D eigenvalue weighted by molar-refractivity contribution is 0.0545. The summed E-state index contributed by atoms with van der Waals surface area (Å²) in [5.74, 6) is 2.83. The summed E-state index contributed by atoms with van der Waals surface area (Å²) in [6, 6.07) is 1.57. The first-order valence-electron chi connectivity index (χ1n) is 9.70. The van der Waals surface area contributed by atoms with E-state index < -0.39 is 0 Å². The highest BCUT2D eigenvalue weighted by Crippen LogP contribution is 2.33. The van der Waals surface area contributed by atoms with Gasteiger partial charge in [0.25, 0.3) is 0 Å². The van der Waals surface area contributed by atoms with E-state index in [2.05, 4.69) is 24.1 Å². The molecule has 3 fully saturated rings. The van der Waals surface area contributed by atoms with Gasteiger partial charge in [0.15, 0.2) is 0 Å². The molecule has 21 heavy (non-hydrogen) atoms. The van der Waals surface area contributed by atoms with Crippen LogP contribution in [-0.2, 0) is 0 Å². The number of rotatable bonds is 5. The number of piperidine rings is 1. The third kappa shape index (κ3) is 4.22. The summed E-state index contributed by atoms with van der Waals surface area (Å²) in [6.45, 7) is 8.85. The highest BCUT2D eigenvalue weighted by Gasteiger charge is 2.33. The van der Waals surface area contributed by atoms with Crippen molar-refractivity contribution in [3.05, 3.63) is 0 Å². The van der Waals surface area contributed by atoms with Gasteiger partial charge in [-0.2, -0.15) is 0 Å². The second-order valence-corrected chi connectivity index (χ2v) is 8.34. The molecule has 1 heterocycles. The lowest BCUT2D eigenvalue weighted by atomic mass is 9.78. The van der Waals surface area contributed by atoms with Crippen molar-refractivity contribution in [1.29, 1.82) is 0 Å². The van der Waals surface area contributed by atoms with Gasteiger partial charge in [0.05, 0.1) is 0 Å². The number of nitrogens with one attached hydrogen (secondary N) is 1. The Morgan fingerprint density at radius 1 is 1.00 bits per heavy atom. The summed E-state index contributed by atoms with van der Waals surface area (Å²) in [6.07, 6.45) is 13.2. The molecular formula is C19H36N2. The summed E-state index contributed by atoms with van der Waals surface area (Å²) < 4.78 is 0. The van der Waals surface area contributed by atoms with Gasteiger partial charge in [-0.05, 0) is 63.3 Å². The van der Waals surface area contributed by atoms with E-state index in [1.165, 1.54) is 77.4 Å². The van der Waals surface area contributed by atoms with Crippen molar-refractivity contribution in [3.8, 4) is 0 Å². The Bertz CT molecular complexity index is 307. The van der Waals surface area contributed by atoms with Gasteiger partial charge in [0.1, 0.15) is 0 Å². The first-order valence-corrected chi connectivity index (χ1v) is 9.70. The number of nitrogens with zero attached hydrogens (tertiary/aromatic N) is 1. The molecule has 1 saturated heterocycles.